The van der Waals surface area contributed by atoms with Gasteiger partial charge in [0.05, 0.1) is 12.2 Å². The van der Waals surface area contributed by atoms with Crippen LogP contribution in [0.1, 0.15) is 19.8 Å². The number of esters is 1. The molecule has 0 aromatic rings. The maximum absolute atomic E-state index is 11.3. The average Bonchev–Trinajstić information content (AvgIpc) is 2.19. The number of unbranched alkanes of at least 4 members (excludes halogenated alkanes) is 1. The first kappa shape index (κ1) is 9.84. The van der Waals surface area contributed by atoms with E-state index in [1.807, 2.05) is 6.08 Å². The van der Waals surface area contributed by atoms with Crippen molar-refractivity contribution in [2.75, 3.05) is 13.2 Å². The van der Waals surface area contributed by atoms with Gasteiger partial charge in [0.25, 0.3) is 0 Å². The second kappa shape index (κ2) is 5.41. The van der Waals surface area contributed by atoms with Gasteiger partial charge in [-0.05, 0) is 12.5 Å². The molecule has 0 atom stereocenters. The van der Waals surface area contributed by atoms with Crippen LogP contribution in [0.4, 0.5) is 0 Å². The molecule has 1 aliphatic heterocycles. The van der Waals surface area contributed by atoms with Crippen molar-refractivity contribution in [2.45, 2.75) is 19.8 Å². The Bertz CT molecular complexity index is 231. The summed E-state index contributed by atoms with van der Waals surface area (Å²) in [5.41, 5.74) is 0.599. The minimum Gasteiger partial charge on any atom is -0.462 e. The summed E-state index contributed by atoms with van der Waals surface area (Å²) in [5, 5.41) is 2.96. The van der Waals surface area contributed by atoms with Crippen LogP contribution >= 0.6 is 0 Å². The second-order valence-electron chi connectivity index (χ2n) is 2.90. The lowest BCUT2D eigenvalue weighted by atomic mass is 10.2. The molecular weight excluding hydrogens is 166 g/mol. The van der Waals surface area contributed by atoms with Gasteiger partial charge in [0.1, 0.15) is 0 Å². The van der Waals surface area contributed by atoms with Gasteiger partial charge in [-0.2, -0.15) is 0 Å². The molecule has 13 heavy (non-hydrogen) atoms. The maximum atomic E-state index is 11.3. The van der Waals surface area contributed by atoms with E-state index in [2.05, 4.69) is 12.2 Å². The molecule has 0 aliphatic carbocycles. The van der Waals surface area contributed by atoms with Crippen LogP contribution in [0.2, 0.25) is 0 Å². The lowest BCUT2D eigenvalue weighted by molar-refractivity contribution is -0.138. The van der Waals surface area contributed by atoms with E-state index in [9.17, 15) is 4.79 Å². The molecule has 0 unspecified atom stereocenters. The largest absolute Gasteiger partial charge is 0.462 e. The molecule has 1 heterocycles. The van der Waals surface area contributed by atoms with Crippen LogP contribution in [0.25, 0.3) is 0 Å². The molecule has 0 aromatic heterocycles. The Hall–Kier alpha value is -1.25. The molecule has 3 heteroatoms. The zero-order valence-electron chi connectivity index (χ0n) is 7.88. The highest BCUT2D eigenvalue weighted by molar-refractivity contribution is 5.91. The molecular formula is C10H15NO2. The van der Waals surface area contributed by atoms with Gasteiger partial charge in [0.15, 0.2) is 0 Å². The van der Waals surface area contributed by atoms with Crippen LogP contribution < -0.4 is 5.32 Å². The number of hydrogen-bond donors (Lipinski definition) is 1. The first-order valence-corrected chi connectivity index (χ1v) is 4.62. The second-order valence-corrected chi connectivity index (χ2v) is 2.90. The van der Waals surface area contributed by atoms with E-state index >= 15 is 0 Å². The molecule has 0 radical (unpaired) electrons. The molecule has 0 saturated heterocycles. The third-order valence-corrected chi connectivity index (χ3v) is 1.76. The first-order chi connectivity index (χ1) is 6.34. The van der Waals surface area contributed by atoms with Crippen LogP contribution in [-0.2, 0) is 9.53 Å². The maximum Gasteiger partial charge on any atom is 0.339 e. The zero-order chi connectivity index (χ0) is 9.52. The van der Waals surface area contributed by atoms with E-state index in [4.69, 9.17) is 4.74 Å². The smallest absolute Gasteiger partial charge is 0.339 e. The summed E-state index contributed by atoms with van der Waals surface area (Å²) in [5.74, 6) is -0.239. The van der Waals surface area contributed by atoms with Crippen molar-refractivity contribution < 1.29 is 9.53 Å². The molecule has 1 aliphatic rings. The summed E-state index contributed by atoms with van der Waals surface area (Å²) in [6.07, 6.45) is 7.34. The number of carbonyl (C=O) groups is 1. The first-order valence-electron chi connectivity index (χ1n) is 4.62. The number of dihydropyridines is 1. The highest BCUT2D eigenvalue weighted by Gasteiger charge is 2.08. The average molecular weight is 181 g/mol. The standard InChI is InChI=1S/C10H15NO2/c1-2-3-7-13-10(12)9-5-4-6-11-8-9/h4-5,8,11H,2-3,6-7H2,1H3. The predicted molar refractivity (Wildman–Crippen MR) is 51.1 cm³/mol. The highest BCUT2D eigenvalue weighted by Crippen LogP contribution is 2.03. The van der Waals surface area contributed by atoms with Crippen LogP contribution in [-0.4, -0.2) is 19.1 Å². The van der Waals surface area contributed by atoms with E-state index in [0.717, 1.165) is 19.4 Å². The van der Waals surface area contributed by atoms with Crippen molar-refractivity contribution in [3.8, 4) is 0 Å². The lowest BCUT2D eigenvalue weighted by Gasteiger charge is -2.08. The number of ether oxygens (including phenoxy) is 1. The number of nitrogens with one attached hydrogen (secondary N) is 1. The van der Waals surface area contributed by atoms with Gasteiger partial charge < -0.3 is 10.1 Å². The summed E-state index contributed by atoms with van der Waals surface area (Å²) < 4.78 is 5.02. The summed E-state index contributed by atoms with van der Waals surface area (Å²) >= 11 is 0. The van der Waals surface area contributed by atoms with Gasteiger partial charge in [-0.1, -0.05) is 19.4 Å². The number of rotatable bonds is 4. The SMILES string of the molecule is CCCCOC(=O)C1=CNCC=C1. The third kappa shape index (κ3) is 3.32. The van der Waals surface area contributed by atoms with Crippen LogP contribution in [0.5, 0.6) is 0 Å². The van der Waals surface area contributed by atoms with Crippen molar-refractivity contribution >= 4 is 5.97 Å². The fraction of sp³-hybridized carbons (Fsp3) is 0.500. The number of carbonyl (C=O) groups excluding carboxylic acids is 1. The van der Waals surface area contributed by atoms with Crippen molar-refractivity contribution in [3.05, 3.63) is 23.9 Å². The third-order valence-electron chi connectivity index (χ3n) is 1.76. The Morgan fingerprint density at radius 2 is 2.54 bits per heavy atom. The van der Waals surface area contributed by atoms with E-state index in [0.29, 0.717) is 12.2 Å². The molecule has 0 saturated carbocycles. The van der Waals surface area contributed by atoms with E-state index < -0.39 is 0 Å². The van der Waals surface area contributed by atoms with E-state index in [1.165, 1.54) is 0 Å². The minimum absolute atomic E-state index is 0.239. The molecule has 0 aromatic carbocycles. The van der Waals surface area contributed by atoms with Crippen molar-refractivity contribution in [2.24, 2.45) is 0 Å². The lowest BCUT2D eigenvalue weighted by Crippen LogP contribution is -2.16. The zero-order valence-corrected chi connectivity index (χ0v) is 7.88. The Balaban J connectivity index is 2.30. The van der Waals surface area contributed by atoms with Crippen molar-refractivity contribution in [1.82, 2.24) is 5.32 Å². The van der Waals surface area contributed by atoms with Gasteiger partial charge in [0.2, 0.25) is 0 Å². The van der Waals surface area contributed by atoms with Gasteiger partial charge in [-0.25, -0.2) is 4.79 Å². The van der Waals surface area contributed by atoms with Gasteiger partial charge in [-0.15, -0.1) is 0 Å². The minimum atomic E-state index is -0.239. The summed E-state index contributed by atoms with van der Waals surface area (Å²) in [4.78, 5) is 11.3. The Morgan fingerprint density at radius 1 is 1.69 bits per heavy atom. The van der Waals surface area contributed by atoms with Gasteiger partial charge in [-0.3, -0.25) is 0 Å². The van der Waals surface area contributed by atoms with E-state index in [-0.39, 0.29) is 5.97 Å². The molecule has 3 nitrogen and oxygen atoms in total. The number of hydrogen-bond acceptors (Lipinski definition) is 3. The van der Waals surface area contributed by atoms with Gasteiger partial charge in [0, 0.05) is 12.7 Å². The molecule has 1 rings (SSSR count). The summed E-state index contributed by atoms with van der Waals surface area (Å²) in [6.45, 7) is 3.36. The topological polar surface area (TPSA) is 38.3 Å². The fourth-order valence-corrected chi connectivity index (χ4v) is 0.990. The fourth-order valence-electron chi connectivity index (χ4n) is 0.990. The Morgan fingerprint density at radius 3 is 3.15 bits per heavy atom. The molecule has 72 valence electrons. The Kier molecular flexibility index (Phi) is 4.09. The van der Waals surface area contributed by atoms with Gasteiger partial charge >= 0.3 is 5.97 Å². The predicted octanol–water partition coefficient (Wildman–Crippen LogP) is 1.37. The summed E-state index contributed by atoms with van der Waals surface area (Å²) in [7, 11) is 0. The molecule has 1 N–H and O–H groups in total. The molecule has 0 bridgehead atoms. The molecule has 0 amide bonds. The van der Waals surface area contributed by atoms with Crippen molar-refractivity contribution in [3.63, 3.8) is 0 Å². The molecule has 0 spiro atoms. The quantitative estimate of drug-likeness (QED) is 0.526. The summed E-state index contributed by atoms with van der Waals surface area (Å²) in [6, 6.07) is 0. The normalized spacial score (nSPS) is 14.7. The highest BCUT2D eigenvalue weighted by atomic mass is 16.5. The van der Waals surface area contributed by atoms with Crippen LogP contribution in [0, 0.1) is 0 Å². The monoisotopic (exact) mass is 181 g/mol. The van der Waals surface area contributed by atoms with E-state index in [1.54, 1.807) is 12.3 Å². The van der Waals surface area contributed by atoms with Crippen LogP contribution in [0.15, 0.2) is 23.9 Å². The van der Waals surface area contributed by atoms with Crippen LogP contribution in [0.3, 0.4) is 0 Å². The molecule has 0 fully saturated rings. The Labute approximate surface area is 78.5 Å². The van der Waals surface area contributed by atoms with Crippen molar-refractivity contribution in [1.29, 1.82) is 0 Å².